The van der Waals surface area contributed by atoms with Crippen molar-refractivity contribution in [3.8, 4) is 0 Å². The monoisotopic (exact) mass is 284 g/mol. The SMILES string of the molecule is OC(CNCc1cncs1)COCc1cccs1. The molecule has 0 aromatic carbocycles. The molecular weight excluding hydrogens is 268 g/mol. The summed E-state index contributed by atoms with van der Waals surface area (Å²) in [6.07, 6.45) is 1.36. The van der Waals surface area contributed by atoms with Gasteiger partial charge in [0.2, 0.25) is 0 Å². The van der Waals surface area contributed by atoms with E-state index in [1.165, 1.54) is 9.75 Å². The Kier molecular flexibility index (Phi) is 5.76. The van der Waals surface area contributed by atoms with Gasteiger partial charge in [0.1, 0.15) is 0 Å². The Morgan fingerprint density at radius 1 is 1.39 bits per heavy atom. The lowest BCUT2D eigenvalue weighted by molar-refractivity contribution is 0.0297. The first kappa shape index (κ1) is 13.6. The van der Waals surface area contributed by atoms with Crippen LogP contribution in [0.5, 0.6) is 0 Å². The second-order valence-corrected chi connectivity index (χ2v) is 5.85. The van der Waals surface area contributed by atoms with Gasteiger partial charge in [-0.15, -0.1) is 22.7 Å². The summed E-state index contributed by atoms with van der Waals surface area (Å²) in [6.45, 7) is 2.20. The average Bonchev–Trinajstić information content (AvgIpc) is 3.01. The highest BCUT2D eigenvalue weighted by Crippen LogP contribution is 2.09. The highest BCUT2D eigenvalue weighted by Gasteiger charge is 2.04. The Labute approximate surface area is 114 Å². The summed E-state index contributed by atoms with van der Waals surface area (Å²) in [4.78, 5) is 6.34. The minimum Gasteiger partial charge on any atom is -0.389 e. The van der Waals surface area contributed by atoms with E-state index in [1.54, 1.807) is 28.2 Å². The van der Waals surface area contributed by atoms with Gasteiger partial charge in [0, 0.05) is 29.0 Å². The maximum Gasteiger partial charge on any atom is 0.0897 e. The molecule has 0 fully saturated rings. The molecule has 0 amide bonds. The van der Waals surface area contributed by atoms with Crippen LogP contribution in [0.3, 0.4) is 0 Å². The lowest BCUT2D eigenvalue weighted by atomic mass is 10.3. The Morgan fingerprint density at radius 3 is 3.06 bits per heavy atom. The van der Waals surface area contributed by atoms with Gasteiger partial charge in [0.05, 0.1) is 24.8 Å². The Balaban J connectivity index is 1.53. The van der Waals surface area contributed by atoms with E-state index >= 15 is 0 Å². The molecular formula is C12H16N2O2S2. The molecule has 0 bridgehead atoms. The van der Waals surface area contributed by atoms with E-state index in [2.05, 4.69) is 10.3 Å². The van der Waals surface area contributed by atoms with Crippen molar-refractivity contribution in [2.75, 3.05) is 13.2 Å². The molecule has 0 radical (unpaired) electrons. The van der Waals surface area contributed by atoms with E-state index in [1.807, 2.05) is 23.7 Å². The average molecular weight is 284 g/mol. The third-order valence-electron chi connectivity index (χ3n) is 2.30. The van der Waals surface area contributed by atoms with Crippen molar-refractivity contribution in [1.29, 1.82) is 0 Å². The number of nitrogens with one attached hydrogen (secondary N) is 1. The first-order valence-electron chi connectivity index (χ1n) is 5.71. The minimum absolute atomic E-state index is 0.355. The number of thiophene rings is 1. The summed E-state index contributed by atoms with van der Waals surface area (Å²) in [5.41, 5.74) is 1.80. The van der Waals surface area contributed by atoms with Gasteiger partial charge in [0.15, 0.2) is 0 Å². The van der Waals surface area contributed by atoms with E-state index in [0.717, 1.165) is 6.54 Å². The minimum atomic E-state index is -0.474. The lowest BCUT2D eigenvalue weighted by Crippen LogP contribution is -2.29. The van der Waals surface area contributed by atoms with E-state index in [9.17, 15) is 5.11 Å². The van der Waals surface area contributed by atoms with Crippen molar-refractivity contribution in [2.45, 2.75) is 19.3 Å². The Hall–Kier alpha value is -0.790. The molecule has 0 saturated heterocycles. The number of rotatable bonds is 8. The number of aromatic nitrogens is 1. The maximum atomic E-state index is 9.71. The predicted octanol–water partition coefficient (Wildman–Crippen LogP) is 1.87. The van der Waals surface area contributed by atoms with Gasteiger partial charge in [0.25, 0.3) is 0 Å². The van der Waals surface area contributed by atoms with Gasteiger partial charge >= 0.3 is 0 Å². The zero-order chi connectivity index (χ0) is 12.6. The molecule has 0 aliphatic rings. The van der Waals surface area contributed by atoms with Gasteiger partial charge in [-0.25, -0.2) is 0 Å². The largest absolute Gasteiger partial charge is 0.389 e. The number of thiazole rings is 1. The Bertz CT molecular complexity index is 377. The summed E-state index contributed by atoms with van der Waals surface area (Å²) in [6, 6.07) is 4.02. The molecule has 98 valence electrons. The van der Waals surface area contributed by atoms with Crippen LogP contribution < -0.4 is 5.32 Å². The highest BCUT2D eigenvalue weighted by atomic mass is 32.1. The van der Waals surface area contributed by atoms with Gasteiger partial charge < -0.3 is 15.2 Å². The number of ether oxygens (including phenoxy) is 1. The quantitative estimate of drug-likeness (QED) is 0.777. The fourth-order valence-corrected chi connectivity index (χ4v) is 2.65. The van der Waals surface area contributed by atoms with Crippen LogP contribution in [0.2, 0.25) is 0 Å². The van der Waals surface area contributed by atoms with E-state index in [0.29, 0.717) is 19.8 Å². The second-order valence-electron chi connectivity index (χ2n) is 3.85. The molecule has 6 heteroatoms. The summed E-state index contributed by atoms with van der Waals surface area (Å²) in [7, 11) is 0. The zero-order valence-electron chi connectivity index (χ0n) is 9.91. The number of hydrogen-bond donors (Lipinski definition) is 2. The molecule has 0 saturated carbocycles. The first-order valence-corrected chi connectivity index (χ1v) is 7.47. The molecule has 18 heavy (non-hydrogen) atoms. The normalized spacial score (nSPS) is 12.7. The Morgan fingerprint density at radius 2 is 2.33 bits per heavy atom. The lowest BCUT2D eigenvalue weighted by Gasteiger charge is -2.11. The smallest absolute Gasteiger partial charge is 0.0897 e. The summed E-state index contributed by atoms with van der Waals surface area (Å²) in [5, 5.41) is 14.9. The number of aliphatic hydroxyl groups excluding tert-OH is 1. The van der Waals surface area contributed by atoms with Crippen molar-refractivity contribution in [2.24, 2.45) is 0 Å². The molecule has 2 rings (SSSR count). The standard InChI is InChI=1S/C12H16N2O2S2/c15-10(4-13-5-12-6-14-9-18-12)7-16-8-11-2-1-3-17-11/h1-3,6,9-10,13,15H,4-5,7-8H2. The molecule has 2 heterocycles. The second kappa shape index (κ2) is 7.60. The van der Waals surface area contributed by atoms with Crippen molar-refractivity contribution < 1.29 is 9.84 Å². The van der Waals surface area contributed by atoms with Gasteiger partial charge in [-0.05, 0) is 11.4 Å². The van der Waals surface area contributed by atoms with E-state index < -0.39 is 6.10 Å². The number of hydrogen-bond acceptors (Lipinski definition) is 6. The van der Waals surface area contributed by atoms with Crippen molar-refractivity contribution in [1.82, 2.24) is 10.3 Å². The molecule has 2 aromatic heterocycles. The molecule has 0 aliphatic heterocycles. The number of aliphatic hydroxyl groups is 1. The van der Waals surface area contributed by atoms with Gasteiger partial charge in [-0.3, -0.25) is 4.98 Å². The third-order valence-corrected chi connectivity index (χ3v) is 3.93. The molecule has 1 atom stereocenters. The van der Waals surface area contributed by atoms with Gasteiger partial charge in [-0.2, -0.15) is 0 Å². The summed E-state index contributed by atoms with van der Waals surface area (Å²) >= 11 is 3.27. The van der Waals surface area contributed by atoms with Crippen molar-refractivity contribution >= 4 is 22.7 Å². The molecule has 0 spiro atoms. The maximum absolute atomic E-state index is 9.71. The van der Waals surface area contributed by atoms with Crippen molar-refractivity contribution in [3.63, 3.8) is 0 Å². The van der Waals surface area contributed by atoms with Crippen LogP contribution in [0.15, 0.2) is 29.2 Å². The molecule has 0 aliphatic carbocycles. The van der Waals surface area contributed by atoms with Crippen LogP contribution in [-0.2, 0) is 17.9 Å². The summed E-state index contributed by atoms with van der Waals surface area (Å²) < 4.78 is 5.44. The van der Waals surface area contributed by atoms with Crippen molar-refractivity contribution in [3.05, 3.63) is 39.0 Å². The van der Waals surface area contributed by atoms with E-state index in [-0.39, 0.29) is 0 Å². The predicted molar refractivity (Wildman–Crippen MR) is 73.8 cm³/mol. The first-order chi connectivity index (χ1) is 8.84. The molecule has 1 unspecified atom stereocenters. The zero-order valence-corrected chi connectivity index (χ0v) is 11.5. The third kappa shape index (κ3) is 4.83. The van der Waals surface area contributed by atoms with Crippen LogP contribution in [-0.4, -0.2) is 29.3 Å². The van der Waals surface area contributed by atoms with Gasteiger partial charge in [-0.1, -0.05) is 6.07 Å². The van der Waals surface area contributed by atoms with Crippen LogP contribution >= 0.6 is 22.7 Å². The van der Waals surface area contributed by atoms with Crippen LogP contribution in [0.4, 0.5) is 0 Å². The highest BCUT2D eigenvalue weighted by molar-refractivity contribution is 7.10. The fourth-order valence-electron chi connectivity index (χ4n) is 1.44. The molecule has 2 N–H and O–H groups in total. The molecule has 2 aromatic rings. The topological polar surface area (TPSA) is 54.4 Å². The summed E-state index contributed by atoms with van der Waals surface area (Å²) in [5.74, 6) is 0. The van der Waals surface area contributed by atoms with Crippen LogP contribution in [0.1, 0.15) is 9.75 Å². The van der Waals surface area contributed by atoms with E-state index in [4.69, 9.17) is 4.74 Å². The van der Waals surface area contributed by atoms with Crippen LogP contribution in [0.25, 0.3) is 0 Å². The molecule has 4 nitrogen and oxygen atoms in total. The van der Waals surface area contributed by atoms with Crippen LogP contribution in [0, 0.1) is 0 Å². The fraction of sp³-hybridized carbons (Fsp3) is 0.417. The number of nitrogens with zero attached hydrogens (tertiary/aromatic N) is 1.